The Kier molecular flexibility index (Phi) is 3.06. The summed E-state index contributed by atoms with van der Waals surface area (Å²) in [5.41, 5.74) is 0.282. The van der Waals surface area contributed by atoms with Crippen molar-refractivity contribution in [1.29, 1.82) is 0 Å². The maximum absolute atomic E-state index is 10.3. The van der Waals surface area contributed by atoms with Crippen molar-refractivity contribution in [2.45, 2.75) is 45.6 Å². The van der Waals surface area contributed by atoms with E-state index in [0.29, 0.717) is 12.3 Å². The van der Waals surface area contributed by atoms with Crippen LogP contribution in [0.4, 0.5) is 0 Å². The Morgan fingerprint density at radius 1 is 1.62 bits per heavy atom. The molecule has 2 rings (SSSR count). The maximum Gasteiger partial charge on any atom is 0.110 e. The summed E-state index contributed by atoms with van der Waals surface area (Å²) in [5, 5.41) is 10.3. The minimum atomic E-state index is -0.251. The van der Waals surface area contributed by atoms with Gasteiger partial charge in [0.15, 0.2) is 0 Å². The molecule has 1 N–H and O–H groups in total. The molecular formula is C13H22N2O. The monoisotopic (exact) mass is 222 g/mol. The van der Waals surface area contributed by atoms with Crippen LogP contribution in [0.5, 0.6) is 0 Å². The van der Waals surface area contributed by atoms with Crippen LogP contribution >= 0.6 is 0 Å². The van der Waals surface area contributed by atoms with Gasteiger partial charge in [0, 0.05) is 25.9 Å². The second kappa shape index (κ2) is 4.21. The molecular weight excluding hydrogens is 200 g/mol. The van der Waals surface area contributed by atoms with Crippen LogP contribution in [0.2, 0.25) is 0 Å². The lowest BCUT2D eigenvalue weighted by molar-refractivity contribution is 0.0524. The molecule has 1 heterocycles. The number of imidazole rings is 1. The summed E-state index contributed by atoms with van der Waals surface area (Å²) in [5.74, 6) is 1.40. The van der Waals surface area contributed by atoms with Gasteiger partial charge in [-0.3, -0.25) is 0 Å². The van der Waals surface area contributed by atoms with Crippen LogP contribution in [0.15, 0.2) is 12.4 Å². The van der Waals surface area contributed by atoms with E-state index in [9.17, 15) is 5.11 Å². The molecule has 0 aliphatic heterocycles. The summed E-state index contributed by atoms with van der Waals surface area (Å²) >= 11 is 0. The lowest BCUT2D eigenvalue weighted by Gasteiger charge is -2.31. The standard InChI is InChI=1S/C13H22N2O/c1-13(2)6-4-5-10(13)11(16)9-12-14-7-8-15(12)3/h7-8,10-11,16H,4-6,9H2,1-3H3. The number of rotatable bonds is 3. The second-order valence-corrected chi connectivity index (χ2v) is 5.71. The Morgan fingerprint density at radius 2 is 2.38 bits per heavy atom. The third-order valence-corrected chi connectivity index (χ3v) is 4.12. The predicted molar refractivity (Wildman–Crippen MR) is 64.0 cm³/mol. The van der Waals surface area contributed by atoms with Gasteiger partial charge >= 0.3 is 0 Å². The Labute approximate surface area is 97.5 Å². The first-order valence-electron chi connectivity index (χ1n) is 6.15. The van der Waals surface area contributed by atoms with Gasteiger partial charge in [0.2, 0.25) is 0 Å². The normalized spacial score (nSPS) is 25.9. The van der Waals surface area contributed by atoms with Crippen LogP contribution in [0.1, 0.15) is 38.9 Å². The van der Waals surface area contributed by atoms with Gasteiger partial charge in [0.25, 0.3) is 0 Å². The molecule has 90 valence electrons. The van der Waals surface area contributed by atoms with Crippen LogP contribution < -0.4 is 0 Å². The number of nitrogens with zero attached hydrogens (tertiary/aromatic N) is 2. The molecule has 16 heavy (non-hydrogen) atoms. The van der Waals surface area contributed by atoms with Gasteiger partial charge < -0.3 is 9.67 Å². The zero-order chi connectivity index (χ0) is 11.8. The number of hydrogen-bond donors (Lipinski definition) is 1. The topological polar surface area (TPSA) is 38.0 Å². The lowest BCUT2D eigenvalue weighted by atomic mass is 9.78. The van der Waals surface area contributed by atoms with Gasteiger partial charge in [-0.1, -0.05) is 20.3 Å². The number of aliphatic hydroxyl groups is 1. The molecule has 0 aromatic carbocycles. The molecule has 0 saturated heterocycles. The van der Waals surface area contributed by atoms with Crippen LogP contribution in [-0.2, 0) is 13.5 Å². The van der Waals surface area contributed by atoms with Gasteiger partial charge in [0.05, 0.1) is 6.10 Å². The Balaban J connectivity index is 2.03. The molecule has 3 nitrogen and oxygen atoms in total. The van der Waals surface area contributed by atoms with E-state index in [1.807, 2.05) is 17.8 Å². The van der Waals surface area contributed by atoms with Gasteiger partial charge in [-0.15, -0.1) is 0 Å². The van der Waals surface area contributed by atoms with Crippen molar-refractivity contribution in [1.82, 2.24) is 9.55 Å². The first kappa shape index (κ1) is 11.6. The first-order chi connectivity index (χ1) is 7.50. The van der Waals surface area contributed by atoms with E-state index in [0.717, 1.165) is 12.2 Å². The molecule has 1 aliphatic rings. The summed E-state index contributed by atoms with van der Waals surface area (Å²) in [4.78, 5) is 4.28. The van der Waals surface area contributed by atoms with E-state index in [1.165, 1.54) is 12.8 Å². The average Bonchev–Trinajstić information content (AvgIpc) is 2.73. The number of aliphatic hydroxyl groups excluding tert-OH is 1. The molecule has 1 aliphatic carbocycles. The van der Waals surface area contributed by atoms with Crippen molar-refractivity contribution in [3.8, 4) is 0 Å². The molecule has 2 unspecified atom stereocenters. The fourth-order valence-corrected chi connectivity index (χ4v) is 2.99. The molecule has 3 heteroatoms. The highest BCUT2D eigenvalue weighted by Gasteiger charge is 2.39. The molecule has 0 spiro atoms. The Morgan fingerprint density at radius 3 is 2.88 bits per heavy atom. The quantitative estimate of drug-likeness (QED) is 0.851. The predicted octanol–water partition coefficient (Wildman–Crippen LogP) is 2.15. The lowest BCUT2D eigenvalue weighted by Crippen LogP contribution is -2.31. The van der Waals surface area contributed by atoms with Crippen molar-refractivity contribution in [3.05, 3.63) is 18.2 Å². The maximum atomic E-state index is 10.3. The summed E-state index contributed by atoms with van der Waals surface area (Å²) in [6.45, 7) is 4.54. The molecule has 0 radical (unpaired) electrons. The molecule has 0 amide bonds. The minimum Gasteiger partial charge on any atom is -0.392 e. The van der Waals surface area contributed by atoms with E-state index in [1.54, 1.807) is 6.20 Å². The van der Waals surface area contributed by atoms with Crippen molar-refractivity contribution in [2.24, 2.45) is 18.4 Å². The molecule has 1 saturated carbocycles. The second-order valence-electron chi connectivity index (χ2n) is 5.71. The largest absolute Gasteiger partial charge is 0.392 e. The van der Waals surface area contributed by atoms with E-state index in [-0.39, 0.29) is 11.5 Å². The van der Waals surface area contributed by atoms with E-state index < -0.39 is 0 Å². The van der Waals surface area contributed by atoms with E-state index in [2.05, 4.69) is 18.8 Å². The van der Waals surface area contributed by atoms with Crippen LogP contribution in [0, 0.1) is 11.3 Å². The Hall–Kier alpha value is -0.830. The summed E-state index contributed by atoms with van der Waals surface area (Å²) in [6.07, 6.45) is 7.78. The molecule has 2 atom stereocenters. The number of hydrogen-bond acceptors (Lipinski definition) is 2. The third kappa shape index (κ3) is 2.14. The average molecular weight is 222 g/mol. The van der Waals surface area contributed by atoms with Crippen LogP contribution in [0.25, 0.3) is 0 Å². The highest BCUT2D eigenvalue weighted by Crippen LogP contribution is 2.44. The highest BCUT2D eigenvalue weighted by atomic mass is 16.3. The minimum absolute atomic E-state index is 0.251. The smallest absolute Gasteiger partial charge is 0.110 e. The fourth-order valence-electron chi connectivity index (χ4n) is 2.99. The van der Waals surface area contributed by atoms with Gasteiger partial charge in [-0.05, 0) is 24.2 Å². The van der Waals surface area contributed by atoms with Gasteiger partial charge in [0.1, 0.15) is 5.82 Å². The summed E-state index contributed by atoms with van der Waals surface area (Å²) in [7, 11) is 1.98. The van der Waals surface area contributed by atoms with Crippen LogP contribution in [0.3, 0.4) is 0 Å². The summed E-state index contributed by atoms with van der Waals surface area (Å²) < 4.78 is 1.99. The molecule has 1 aromatic heterocycles. The van der Waals surface area contributed by atoms with E-state index in [4.69, 9.17) is 0 Å². The van der Waals surface area contributed by atoms with Crippen molar-refractivity contribution in [3.63, 3.8) is 0 Å². The Bertz CT molecular complexity index is 357. The molecule has 0 bridgehead atoms. The number of aryl methyl sites for hydroxylation is 1. The summed E-state index contributed by atoms with van der Waals surface area (Å²) in [6, 6.07) is 0. The molecule has 1 fully saturated rings. The van der Waals surface area contributed by atoms with Gasteiger partial charge in [-0.2, -0.15) is 0 Å². The molecule has 1 aromatic rings. The first-order valence-corrected chi connectivity index (χ1v) is 6.15. The SMILES string of the molecule is Cn1ccnc1CC(O)C1CCCC1(C)C. The third-order valence-electron chi connectivity index (χ3n) is 4.12. The zero-order valence-electron chi connectivity index (χ0n) is 10.5. The fraction of sp³-hybridized carbons (Fsp3) is 0.769. The highest BCUT2D eigenvalue weighted by molar-refractivity contribution is 4.97. The van der Waals surface area contributed by atoms with Gasteiger partial charge in [-0.25, -0.2) is 4.98 Å². The van der Waals surface area contributed by atoms with Crippen molar-refractivity contribution >= 4 is 0 Å². The van der Waals surface area contributed by atoms with E-state index >= 15 is 0 Å². The number of aromatic nitrogens is 2. The zero-order valence-corrected chi connectivity index (χ0v) is 10.5. The van der Waals surface area contributed by atoms with Crippen LogP contribution in [-0.4, -0.2) is 20.8 Å². The van der Waals surface area contributed by atoms with Crippen molar-refractivity contribution in [2.75, 3.05) is 0 Å². The van der Waals surface area contributed by atoms with Crippen molar-refractivity contribution < 1.29 is 5.11 Å².